The highest BCUT2D eigenvalue weighted by atomic mass is 16.5. The Labute approximate surface area is 147 Å². The van der Waals surface area contributed by atoms with Crippen molar-refractivity contribution in [1.82, 2.24) is 20.3 Å². The topological polar surface area (TPSA) is 54.0 Å². The van der Waals surface area contributed by atoms with Gasteiger partial charge in [-0.2, -0.15) is 15.4 Å². The van der Waals surface area contributed by atoms with Gasteiger partial charge >= 0.3 is 0 Å². The number of aromatic nitrogens is 3. The van der Waals surface area contributed by atoms with Crippen molar-refractivity contribution in [1.29, 1.82) is 0 Å². The molecule has 0 spiro atoms. The zero-order chi connectivity index (χ0) is 16.9. The fourth-order valence-electron chi connectivity index (χ4n) is 3.30. The van der Waals surface area contributed by atoms with Crippen molar-refractivity contribution in [2.45, 2.75) is 25.7 Å². The van der Waals surface area contributed by atoms with E-state index in [0.717, 1.165) is 43.0 Å². The van der Waals surface area contributed by atoms with Crippen LogP contribution in [-0.2, 0) is 17.9 Å². The zero-order valence-corrected chi connectivity index (χ0v) is 14.1. The molecule has 2 heterocycles. The molecule has 0 aliphatic carbocycles. The molecule has 1 saturated heterocycles. The van der Waals surface area contributed by atoms with E-state index in [0.29, 0.717) is 6.61 Å². The number of benzene rings is 2. The van der Waals surface area contributed by atoms with Gasteiger partial charge in [0.05, 0.1) is 12.7 Å². The molecule has 0 saturated carbocycles. The summed E-state index contributed by atoms with van der Waals surface area (Å²) >= 11 is 0. The van der Waals surface area contributed by atoms with Gasteiger partial charge in [0.25, 0.3) is 0 Å². The number of nitrogens with one attached hydrogen (secondary N) is 1. The highest BCUT2D eigenvalue weighted by molar-refractivity contribution is 5.60. The van der Waals surface area contributed by atoms with E-state index in [-0.39, 0.29) is 6.10 Å². The summed E-state index contributed by atoms with van der Waals surface area (Å²) in [6.45, 7) is 3.52. The molecule has 0 radical (unpaired) electrons. The summed E-state index contributed by atoms with van der Waals surface area (Å²) in [4.78, 5) is 2.45. The second-order valence-corrected chi connectivity index (χ2v) is 6.43. The molecule has 5 heteroatoms. The first-order valence-electron chi connectivity index (χ1n) is 8.71. The van der Waals surface area contributed by atoms with E-state index in [1.165, 1.54) is 5.56 Å². The van der Waals surface area contributed by atoms with E-state index in [1.807, 2.05) is 30.3 Å². The third-order valence-corrected chi connectivity index (χ3v) is 4.60. The highest BCUT2D eigenvalue weighted by Gasteiger charge is 2.24. The van der Waals surface area contributed by atoms with E-state index in [9.17, 15) is 0 Å². The summed E-state index contributed by atoms with van der Waals surface area (Å²) in [5.74, 6) is 0. The number of hydrogen-bond acceptors (Lipinski definition) is 4. The summed E-state index contributed by atoms with van der Waals surface area (Å²) in [7, 11) is 0. The van der Waals surface area contributed by atoms with Gasteiger partial charge < -0.3 is 4.74 Å². The van der Waals surface area contributed by atoms with Crippen LogP contribution >= 0.6 is 0 Å². The highest BCUT2D eigenvalue weighted by Crippen LogP contribution is 2.22. The van der Waals surface area contributed by atoms with Crippen LogP contribution in [0, 0.1) is 0 Å². The number of H-pyrrole nitrogens is 1. The van der Waals surface area contributed by atoms with E-state index in [2.05, 4.69) is 50.6 Å². The van der Waals surface area contributed by atoms with Crippen molar-refractivity contribution >= 4 is 0 Å². The second kappa shape index (κ2) is 7.59. The third kappa shape index (κ3) is 3.95. The molecule has 1 aliphatic rings. The SMILES string of the molecule is c1ccc(CN2CC[C@H](OCc3n[nH]nc3-c3ccccc3)C2)cc1. The molecular weight excluding hydrogens is 312 g/mol. The molecule has 5 nitrogen and oxygen atoms in total. The number of nitrogens with zero attached hydrogens (tertiary/aromatic N) is 3. The molecule has 25 heavy (non-hydrogen) atoms. The Morgan fingerprint density at radius 1 is 1.00 bits per heavy atom. The van der Waals surface area contributed by atoms with E-state index >= 15 is 0 Å². The molecule has 1 fully saturated rings. The van der Waals surface area contributed by atoms with Crippen LogP contribution in [0.3, 0.4) is 0 Å². The monoisotopic (exact) mass is 334 g/mol. The molecule has 1 aliphatic heterocycles. The lowest BCUT2D eigenvalue weighted by molar-refractivity contribution is 0.0445. The van der Waals surface area contributed by atoms with Gasteiger partial charge in [0.15, 0.2) is 0 Å². The second-order valence-electron chi connectivity index (χ2n) is 6.43. The third-order valence-electron chi connectivity index (χ3n) is 4.60. The van der Waals surface area contributed by atoms with Crippen LogP contribution in [0.5, 0.6) is 0 Å². The molecule has 1 atom stereocenters. The van der Waals surface area contributed by atoms with Gasteiger partial charge in [-0.1, -0.05) is 60.7 Å². The molecule has 0 bridgehead atoms. The number of likely N-dealkylation sites (tertiary alicyclic amines) is 1. The van der Waals surface area contributed by atoms with Crippen LogP contribution in [0.15, 0.2) is 60.7 Å². The predicted molar refractivity (Wildman–Crippen MR) is 96.7 cm³/mol. The van der Waals surface area contributed by atoms with E-state index < -0.39 is 0 Å². The quantitative estimate of drug-likeness (QED) is 0.752. The smallest absolute Gasteiger partial charge is 0.118 e. The summed E-state index contributed by atoms with van der Waals surface area (Å²) in [5.41, 5.74) is 4.16. The summed E-state index contributed by atoms with van der Waals surface area (Å²) in [6.07, 6.45) is 1.31. The summed E-state index contributed by atoms with van der Waals surface area (Å²) < 4.78 is 6.11. The Kier molecular flexibility index (Phi) is 4.86. The summed E-state index contributed by atoms with van der Waals surface area (Å²) in [5, 5.41) is 11.3. The first-order valence-corrected chi connectivity index (χ1v) is 8.71. The first-order chi connectivity index (χ1) is 12.4. The van der Waals surface area contributed by atoms with Crippen molar-refractivity contribution in [2.75, 3.05) is 13.1 Å². The van der Waals surface area contributed by atoms with Crippen molar-refractivity contribution in [2.24, 2.45) is 0 Å². The molecule has 4 rings (SSSR count). The normalized spacial score (nSPS) is 17.8. The zero-order valence-electron chi connectivity index (χ0n) is 14.1. The van der Waals surface area contributed by atoms with Gasteiger partial charge in [-0.05, 0) is 12.0 Å². The Morgan fingerprint density at radius 2 is 1.76 bits per heavy atom. The van der Waals surface area contributed by atoms with Gasteiger partial charge in [-0.25, -0.2) is 0 Å². The molecule has 1 aromatic heterocycles. The molecule has 3 aromatic rings. The molecule has 0 unspecified atom stereocenters. The number of hydrogen-bond donors (Lipinski definition) is 1. The van der Waals surface area contributed by atoms with Gasteiger partial charge in [0.2, 0.25) is 0 Å². The fraction of sp³-hybridized carbons (Fsp3) is 0.300. The standard InChI is InChI=1S/C20H22N4O/c1-3-7-16(8-4-1)13-24-12-11-18(14-24)25-15-19-20(22-23-21-19)17-9-5-2-6-10-17/h1-10,18H,11-15H2,(H,21,22,23)/t18-/m0/s1. The van der Waals surface area contributed by atoms with Gasteiger partial charge in [-0.3, -0.25) is 4.90 Å². The molecule has 0 amide bonds. The largest absolute Gasteiger partial charge is 0.370 e. The Bertz CT molecular complexity index is 788. The average molecular weight is 334 g/mol. The maximum Gasteiger partial charge on any atom is 0.118 e. The van der Waals surface area contributed by atoms with E-state index in [4.69, 9.17) is 4.74 Å². The van der Waals surface area contributed by atoms with E-state index in [1.54, 1.807) is 0 Å². The van der Waals surface area contributed by atoms with Crippen LogP contribution in [0.4, 0.5) is 0 Å². The first kappa shape index (κ1) is 16.0. The van der Waals surface area contributed by atoms with Crippen molar-refractivity contribution in [3.05, 3.63) is 71.9 Å². The molecule has 1 N–H and O–H groups in total. The van der Waals surface area contributed by atoms with Crippen molar-refractivity contribution in [3.63, 3.8) is 0 Å². The van der Waals surface area contributed by atoms with Crippen LogP contribution in [-0.4, -0.2) is 39.5 Å². The van der Waals surface area contributed by atoms with Crippen LogP contribution < -0.4 is 0 Å². The average Bonchev–Trinajstić information content (AvgIpc) is 3.31. The Hall–Kier alpha value is -2.50. The van der Waals surface area contributed by atoms with Crippen LogP contribution in [0.2, 0.25) is 0 Å². The van der Waals surface area contributed by atoms with Gasteiger partial charge in [0.1, 0.15) is 11.4 Å². The van der Waals surface area contributed by atoms with Gasteiger partial charge in [0, 0.05) is 25.2 Å². The minimum Gasteiger partial charge on any atom is -0.370 e. The number of ether oxygens (including phenoxy) is 1. The fourth-order valence-corrected chi connectivity index (χ4v) is 3.30. The maximum atomic E-state index is 6.11. The molecular formula is C20H22N4O. The maximum absolute atomic E-state index is 6.11. The lowest BCUT2D eigenvalue weighted by Gasteiger charge is -2.16. The lowest BCUT2D eigenvalue weighted by atomic mass is 10.1. The molecule has 2 aromatic carbocycles. The minimum atomic E-state index is 0.254. The lowest BCUT2D eigenvalue weighted by Crippen LogP contribution is -2.23. The Balaban J connectivity index is 1.32. The van der Waals surface area contributed by atoms with Crippen molar-refractivity contribution < 1.29 is 4.74 Å². The van der Waals surface area contributed by atoms with Gasteiger partial charge in [-0.15, -0.1) is 0 Å². The summed E-state index contributed by atoms with van der Waals surface area (Å²) in [6, 6.07) is 20.7. The minimum absolute atomic E-state index is 0.254. The Morgan fingerprint density at radius 3 is 2.56 bits per heavy atom. The van der Waals surface area contributed by atoms with Crippen LogP contribution in [0.25, 0.3) is 11.3 Å². The van der Waals surface area contributed by atoms with Crippen LogP contribution in [0.1, 0.15) is 17.7 Å². The predicted octanol–water partition coefficient (Wildman–Crippen LogP) is 3.26. The van der Waals surface area contributed by atoms with Crippen molar-refractivity contribution in [3.8, 4) is 11.3 Å². The molecule has 128 valence electrons. The number of rotatable bonds is 6. The number of aromatic amines is 1.